The van der Waals surface area contributed by atoms with E-state index in [9.17, 15) is 9.59 Å². The van der Waals surface area contributed by atoms with Crippen molar-refractivity contribution >= 4 is 17.4 Å². The first-order valence-electron chi connectivity index (χ1n) is 6.18. The fraction of sp³-hybridized carbons (Fsp3) is 0.429. The Kier molecular flexibility index (Phi) is 3.65. The van der Waals surface area contributed by atoms with Gasteiger partial charge in [-0.15, -0.1) is 0 Å². The molecule has 96 valence electrons. The van der Waals surface area contributed by atoms with Crippen molar-refractivity contribution in [3.8, 4) is 5.75 Å². The summed E-state index contributed by atoms with van der Waals surface area (Å²) in [5.74, 6) is 0.565. The van der Waals surface area contributed by atoms with Gasteiger partial charge in [-0.1, -0.05) is 26.0 Å². The molecule has 1 atom stereocenters. The fourth-order valence-corrected chi connectivity index (χ4v) is 1.87. The van der Waals surface area contributed by atoms with Gasteiger partial charge in [-0.2, -0.15) is 0 Å². The Bertz CT molecular complexity index is 470. The molecule has 0 saturated heterocycles. The molecule has 1 unspecified atom stereocenters. The first kappa shape index (κ1) is 12.6. The van der Waals surface area contributed by atoms with Crippen LogP contribution in [0.25, 0.3) is 0 Å². The predicted molar refractivity (Wildman–Crippen MR) is 68.8 cm³/mol. The zero-order valence-electron chi connectivity index (χ0n) is 10.7. The third-order valence-corrected chi connectivity index (χ3v) is 3.28. The summed E-state index contributed by atoms with van der Waals surface area (Å²) in [5, 5.41) is 0. The SMILES string of the molecule is CCC(C)C(=O)CN1C(=O)COc2ccccc21. The molecule has 0 radical (unpaired) electrons. The number of rotatable bonds is 4. The quantitative estimate of drug-likeness (QED) is 0.817. The van der Waals surface area contributed by atoms with Crippen molar-refractivity contribution in [3.63, 3.8) is 0 Å². The first-order chi connectivity index (χ1) is 8.63. The number of amides is 1. The Morgan fingerprint density at radius 3 is 2.89 bits per heavy atom. The summed E-state index contributed by atoms with van der Waals surface area (Å²) in [4.78, 5) is 25.3. The molecule has 1 amide bonds. The van der Waals surface area contributed by atoms with Gasteiger partial charge in [-0.3, -0.25) is 14.5 Å². The van der Waals surface area contributed by atoms with Crippen molar-refractivity contribution < 1.29 is 14.3 Å². The largest absolute Gasteiger partial charge is 0.482 e. The molecule has 1 aliphatic heterocycles. The molecule has 0 bridgehead atoms. The van der Waals surface area contributed by atoms with Gasteiger partial charge in [0.25, 0.3) is 5.91 Å². The number of anilines is 1. The number of para-hydroxylation sites is 2. The molecule has 0 aromatic heterocycles. The van der Waals surface area contributed by atoms with Crippen LogP contribution in [0.5, 0.6) is 5.75 Å². The first-order valence-corrected chi connectivity index (χ1v) is 6.18. The van der Waals surface area contributed by atoms with E-state index in [0.717, 1.165) is 6.42 Å². The molecule has 18 heavy (non-hydrogen) atoms. The van der Waals surface area contributed by atoms with Crippen LogP contribution in [0.15, 0.2) is 24.3 Å². The molecule has 0 N–H and O–H groups in total. The number of carbonyl (C=O) groups excluding carboxylic acids is 2. The molecule has 0 aliphatic carbocycles. The van der Waals surface area contributed by atoms with Crippen LogP contribution >= 0.6 is 0 Å². The Morgan fingerprint density at radius 1 is 1.44 bits per heavy atom. The van der Waals surface area contributed by atoms with Gasteiger partial charge in [0.1, 0.15) is 5.75 Å². The minimum atomic E-state index is -0.162. The second kappa shape index (κ2) is 5.21. The second-order valence-electron chi connectivity index (χ2n) is 4.51. The summed E-state index contributed by atoms with van der Waals surface area (Å²) in [5.41, 5.74) is 0.686. The van der Waals surface area contributed by atoms with Crippen molar-refractivity contribution in [3.05, 3.63) is 24.3 Å². The lowest BCUT2D eigenvalue weighted by atomic mass is 10.0. The molecule has 0 saturated carbocycles. The van der Waals surface area contributed by atoms with Crippen molar-refractivity contribution in [2.45, 2.75) is 20.3 Å². The highest BCUT2D eigenvalue weighted by molar-refractivity contribution is 6.02. The minimum absolute atomic E-state index is 0.00476. The molecule has 1 aromatic carbocycles. The van der Waals surface area contributed by atoms with Gasteiger partial charge in [0.05, 0.1) is 12.2 Å². The van der Waals surface area contributed by atoms with Crippen molar-refractivity contribution in [1.82, 2.24) is 0 Å². The minimum Gasteiger partial charge on any atom is -0.482 e. The summed E-state index contributed by atoms with van der Waals surface area (Å²) >= 11 is 0. The molecule has 4 nitrogen and oxygen atoms in total. The molecule has 0 spiro atoms. The van der Waals surface area contributed by atoms with Gasteiger partial charge in [0.15, 0.2) is 12.4 Å². The third-order valence-electron chi connectivity index (χ3n) is 3.28. The number of hydrogen-bond donors (Lipinski definition) is 0. The zero-order chi connectivity index (χ0) is 13.1. The number of carbonyl (C=O) groups is 2. The third kappa shape index (κ3) is 2.37. The lowest BCUT2D eigenvalue weighted by Gasteiger charge is -2.29. The topological polar surface area (TPSA) is 46.6 Å². The Labute approximate surface area is 107 Å². The van der Waals surface area contributed by atoms with Crippen LogP contribution in [0, 0.1) is 5.92 Å². The van der Waals surface area contributed by atoms with E-state index in [1.807, 2.05) is 32.0 Å². The van der Waals surface area contributed by atoms with E-state index >= 15 is 0 Å². The van der Waals surface area contributed by atoms with E-state index in [1.165, 1.54) is 4.90 Å². The monoisotopic (exact) mass is 247 g/mol. The lowest BCUT2D eigenvalue weighted by Crippen LogP contribution is -2.43. The summed E-state index contributed by atoms with van der Waals surface area (Å²) in [6.45, 7) is 4.00. The average molecular weight is 247 g/mol. The normalized spacial score (nSPS) is 15.9. The van der Waals surface area contributed by atoms with E-state index in [2.05, 4.69) is 0 Å². The molecule has 4 heteroatoms. The van der Waals surface area contributed by atoms with Crippen LogP contribution in [0.1, 0.15) is 20.3 Å². The van der Waals surface area contributed by atoms with Gasteiger partial charge in [-0.05, 0) is 18.6 Å². The van der Waals surface area contributed by atoms with E-state index in [4.69, 9.17) is 4.74 Å². The van der Waals surface area contributed by atoms with Crippen LogP contribution in [-0.2, 0) is 9.59 Å². The van der Waals surface area contributed by atoms with Crippen LogP contribution in [-0.4, -0.2) is 24.8 Å². The molecule has 0 fully saturated rings. The zero-order valence-corrected chi connectivity index (χ0v) is 10.7. The van der Waals surface area contributed by atoms with Gasteiger partial charge in [0.2, 0.25) is 0 Å². The Hall–Kier alpha value is -1.84. The highest BCUT2D eigenvalue weighted by atomic mass is 16.5. The number of Topliss-reactive ketones (excluding diaryl/α,β-unsaturated/α-hetero) is 1. The Morgan fingerprint density at radius 2 is 2.17 bits per heavy atom. The fourth-order valence-electron chi connectivity index (χ4n) is 1.87. The summed E-state index contributed by atoms with van der Waals surface area (Å²) in [6, 6.07) is 7.30. The highest BCUT2D eigenvalue weighted by Gasteiger charge is 2.27. The molecule has 2 rings (SSSR count). The number of ketones is 1. The van der Waals surface area contributed by atoms with E-state index in [-0.39, 0.29) is 30.8 Å². The van der Waals surface area contributed by atoms with Crippen LogP contribution < -0.4 is 9.64 Å². The molecule has 1 aromatic rings. The highest BCUT2D eigenvalue weighted by Crippen LogP contribution is 2.31. The molecule has 1 aliphatic rings. The number of hydrogen-bond acceptors (Lipinski definition) is 3. The maximum absolute atomic E-state index is 12.0. The second-order valence-corrected chi connectivity index (χ2v) is 4.51. The van der Waals surface area contributed by atoms with Crippen molar-refractivity contribution in [1.29, 1.82) is 0 Å². The van der Waals surface area contributed by atoms with Crippen molar-refractivity contribution in [2.75, 3.05) is 18.1 Å². The van der Waals surface area contributed by atoms with Crippen LogP contribution in [0.2, 0.25) is 0 Å². The summed E-state index contributed by atoms with van der Waals surface area (Å²) in [7, 11) is 0. The Balaban J connectivity index is 2.22. The van der Waals surface area contributed by atoms with Gasteiger partial charge in [-0.25, -0.2) is 0 Å². The number of fused-ring (bicyclic) bond motifs is 1. The number of benzene rings is 1. The maximum Gasteiger partial charge on any atom is 0.265 e. The standard InChI is InChI=1S/C14H17NO3/c1-3-10(2)12(16)8-15-11-6-4-5-7-13(11)18-9-14(15)17/h4-7,10H,3,8-9H2,1-2H3. The summed E-state index contributed by atoms with van der Waals surface area (Å²) < 4.78 is 5.33. The maximum atomic E-state index is 12.0. The van der Waals surface area contributed by atoms with Crippen molar-refractivity contribution in [2.24, 2.45) is 5.92 Å². The summed E-state index contributed by atoms with van der Waals surface area (Å²) in [6.07, 6.45) is 0.791. The predicted octanol–water partition coefficient (Wildman–Crippen LogP) is 2.03. The van der Waals surface area contributed by atoms with Gasteiger partial charge in [0, 0.05) is 5.92 Å². The molecular weight excluding hydrogens is 230 g/mol. The van der Waals surface area contributed by atoms with Crippen LogP contribution in [0.4, 0.5) is 5.69 Å². The number of nitrogens with zero attached hydrogens (tertiary/aromatic N) is 1. The van der Waals surface area contributed by atoms with Gasteiger partial charge < -0.3 is 4.74 Å². The smallest absolute Gasteiger partial charge is 0.265 e. The molecular formula is C14H17NO3. The van der Waals surface area contributed by atoms with E-state index < -0.39 is 0 Å². The van der Waals surface area contributed by atoms with E-state index in [1.54, 1.807) is 6.07 Å². The van der Waals surface area contributed by atoms with E-state index in [0.29, 0.717) is 11.4 Å². The lowest BCUT2D eigenvalue weighted by molar-refractivity contribution is -0.126. The van der Waals surface area contributed by atoms with Gasteiger partial charge >= 0.3 is 0 Å². The molecule has 1 heterocycles. The number of ether oxygens (including phenoxy) is 1. The van der Waals surface area contributed by atoms with Crippen LogP contribution in [0.3, 0.4) is 0 Å². The average Bonchev–Trinajstić information content (AvgIpc) is 2.41.